The van der Waals surface area contributed by atoms with Gasteiger partial charge in [-0.05, 0) is 36.6 Å². The van der Waals surface area contributed by atoms with Gasteiger partial charge in [-0.2, -0.15) is 4.72 Å². The van der Waals surface area contributed by atoms with Gasteiger partial charge in [0, 0.05) is 11.1 Å². The average Bonchev–Trinajstić information content (AvgIpc) is 2.72. The average molecular weight is 487 g/mol. The number of sulfonamides is 1. The van der Waals surface area contributed by atoms with Gasteiger partial charge in [0.1, 0.15) is 22.5 Å². The fourth-order valence-electron chi connectivity index (χ4n) is 2.69. The van der Waals surface area contributed by atoms with Crippen LogP contribution >= 0.6 is 11.6 Å². The van der Waals surface area contributed by atoms with Gasteiger partial charge in [0.2, 0.25) is 10.0 Å². The molecule has 1 atom stereocenters. The maximum Gasteiger partial charge on any atom is 0.324 e. The number of aryl methyl sites for hydroxylation is 1. The summed E-state index contributed by atoms with van der Waals surface area (Å²) in [4.78, 5) is 24.2. The predicted molar refractivity (Wildman–Crippen MR) is 118 cm³/mol. The zero-order valence-corrected chi connectivity index (χ0v) is 19.5. The number of methoxy groups -OCH3 is 1. The second-order valence-electron chi connectivity index (χ2n) is 7.23. The summed E-state index contributed by atoms with van der Waals surface area (Å²) < 4.78 is 51.3. The van der Waals surface area contributed by atoms with E-state index in [2.05, 4.69) is 10.0 Å². The van der Waals surface area contributed by atoms with E-state index in [0.717, 1.165) is 12.1 Å². The first kappa shape index (κ1) is 25.6. The molecule has 0 heterocycles. The fourth-order valence-corrected chi connectivity index (χ4v) is 4.26. The zero-order chi connectivity index (χ0) is 24.1. The van der Waals surface area contributed by atoms with Crippen LogP contribution in [0, 0.1) is 18.7 Å². The first-order valence-corrected chi connectivity index (χ1v) is 11.4. The van der Waals surface area contributed by atoms with Gasteiger partial charge >= 0.3 is 5.97 Å². The molecule has 1 amide bonds. The van der Waals surface area contributed by atoms with Crippen molar-refractivity contribution in [2.75, 3.05) is 19.0 Å². The van der Waals surface area contributed by atoms with E-state index >= 15 is 0 Å². The van der Waals surface area contributed by atoms with Crippen LogP contribution in [-0.2, 0) is 24.3 Å². The molecule has 0 saturated heterocycles. The third kappa shape index (κ3) is 6.41. The molecule has 0 unspecified atom stereocenters. The highest BCUT2D eigenvalue weighted by Crippen LogP contribution is 2.30. The highest BCUT2D eigenvalue weighted by atomic mass is 35.5. The molecule has 174 valence electrons. The van der Waals surface area contributed by atoms with Crippen LogP contribution in [0.3, 0.4) is 0 Å². The van der Waals surface area contributed by atoms with Crippen molar-refractivity contribution in [1.82, 2.24) is 4.72 Å². The number of carbonyl (C=O) groups excluding carboxylic acids is 2. The van der Waals surface area contributed by atoms with Gasteiger partial charge < -0.3 is 14.8 Å². The number of carbonyl (C=O) groups is 2. The molecule has 0 saturated carbocycles. The summed E-state index contributed by atoms with van der Waals surface area (Å²) in [6.07, 6.45) is 0. The minimum atomic E-state index is -4.34. The van der Waals surface area contributed by atoms with Crippen molar-refractivity contribution in [3.8, 4) is 5.75 Å². The van der Waals surface area contributed by atoms with E-state index in [9.17, 15) is 22.4 Å². The van der Waals surface area contributed by atoms with Crippen LogP contribution in [0.2, 0.25) is 5.02 Å². The summed E-state index contributed by atoms with van der Waals surface area (Å²) in [5.74, 6) is -2.82. The Morgan fingerprint density at radius 1 is 1.19 bits per heavy atom. The Morgan fingerprint density at radius 3 is 2.44 bits per heavy atom. The SMILES string of the molecule is COc1cc(Cl)c(C)cc1NC(=O)COC(=O)[C@@H](NS(=O)(=O)c1ccccc1F)C(C)C. The summed E-state index contributed by atoms with van der Waals surface area (Å²) in [6.45, 7) is 4.23. The van der Waals surface area contributed by atoms with E-state index in [-0.39, 0.29) is 0 Å². The molecule has 0 radical (unpaired) electrons. The van der Waals surface area contributed by atoms with Gasteiger partial charge in [-0.25, -0.2) is 12.8 Å². The summed E-state index contributed by atoms with van der Waals surface area (Å²) in [7, 11) is -2.93. The van der Waals surface area contributed by atoms with E-state index in [1.54, 1.807) is 26.8 Å². The number of benzene rings is 2. The molecule has 2 aromatic carbocycles. The summed E-state index contributed by atoms with van der Waals surface area (Å²) in [5.41, 5.74) is 1.03. The lowest BCUT2D eigenvalue weighted by Gasteiger charge is -2.21. The number of halogens is 2. The van der Waals surface area contributed by atoms with Crippen LogP contribution in [0.1, 0.15) is 19.4 Å². The number of anilines is 1. The van der Waals surface area contributed by atoms with Gasteiger partial charge in [0.05, 0.1) is 12.8 Å². The molecule has 0 aliphatic heterocycles. The Morgan fingerprint density at radius 2 is 1.84 bits per heavy atom. The smallest absolute Gasteiger partial charge is 0.324 e. The van der Waals surface area contributed by atoms with E-state index in [1.807, 2.05) is 0 Å². The largest absolute Gasteiger partial charge is 0.495 e. The molecule has 32 heavy (non-hydrogen) atoms. The van der Waals surface area contributed by atoms with Crippen LogP contribution < -0.4 is 14.8 Å². The summed E-state index contributed by atoms with van der Waals surface area (Å²) in [5, 5.41) is 3.00. The summed E-state index contributed by atoms with van der Waals surface area (Å²) in [6, 6.07) is 6.57. The van der Waals surface area contributed by atoms with Gasteiger partial charge in [0.15, 0.2) is 6.61 Å². The molecule has 11 heteroatoms. The Labute approximate surface area is 191 Å². The number of ether oxygens (including phenoxy) is 2. The van der Waals surface area contributed by atoms with E-state index in [0.29, 0.717) is 22.0 Å². The fraction of sp³-hybridized carbons (Fsp3) is 0.333. The number of nitrogens with one attached hydrogen (secondary N) is 2. The molecule has 8 nitrogen and oxygen atoms in total. The second kappa shape index (κ2) is 10.8. The van der Waals surface area contributed by atoms with Crippen molar-refractivity contribution in [2.24, 2.45) is 5.92 Å². The van der Waals surface area contributed by atoms with Crippen molar-refractivity contribution >= 4 is 39.2 Å². The van der Waals surface area contributed by atoms with Crippen molar-refractivity contribution in [2.45, 2.75) is 31.7 Å². The zero-order valence-electron chi connectivity index (χ0n) is 17.9. The van der Waals surface area contributed by atoms with Gasteiger partial charge in [0.25, 0.3) is 5.91 Å². The molecule has 0 aliphatic carbocycles. The number of hydrogen-bond acceptors (Lipinski definition) is 6. The van der Waals surface area contributed by atoms with Gasteiger partial charge in [-0.15, -0.1) is 0 Å². The van der Waals surface area contributed by atoms with Crippen LogP contribution in [0.15, 0.2) is 41.3 Å². The standard InChI is InChI=1S/C21H24ClFN2O6S/c1-12(2)20(25-32(28,29)18-8-6-5-7-15(18)23)21(27)31-11-19(26)24-16-9-13(3)14(22)10-17(16)30-4/h5-10,12,20,25H,11H2,1-4H3,(H,24,26)/t20-/m0/s1. The van der Waals surface area contributed by atoms with Crippen LogP contribution in [0.25, 0.3) is 0 Å². The van der Waals surface area contributed by atoms with Crippen molar-refractivity contribution < 1.29 is 31.9 Å². The number of rotatable bonds is 9. The lowest BCUT2D eigenvalue weighted by atomic mass is 10.1. The molecule has 2 aromatic rings. The Kier molecular flexibility index (Phi) is 8.59. The summed E-state index contributed by atoms with van der Waals surface area (Å²) >= 11 is 6.03. The molecular formula is C21H24ClFN2O6S. The molecule has 0 aromatic heterocycles. The van der Waals surface area contributed by atoms with Crippen LogP contribution in [-0.4, -0.2) is 40.1 Å². The van der Waals surface area contributed by atoms with Crippen molar-refractivity contribution in [3.05, 3.63) is 52.8 Å². The molecule has 0 fully saturated rings. The first-order chi connectivity index (χ1) is 15.0. The number of amides is 1. The Bertz CT molecular complexity index is 1110. The molecule has 0 aliphatic rings. The predicted octanol–water partition coefficient (Wildman–Crippen LogP) is 3.28. The van der Waals surface area contributed by atoms with Crippen LogP contribution in [0.4, 0.5) is 10.1 Å². The quantitative estimate of drug-likeness (QED) is 0.526. The van der Waals surface area contributed by atoms with E-state index in [1.165, 1.54) is 25.3 Å². The number of hydrogen-bond donors (Lipinski definition) is 2. The second-order valence-corrected chi connectivity index (χ2v) is 9.32. The van der Waals surface area contributed by atoms with Gasteiger partial charge in [-0.1, -0.05) is 37.6 Å². The van der Waals surface area contributed by atoms with E-state index < -0.39 is 51.2 Å². The highest BCUT2D eigenvalue weighted by molar-refractivity contribution is 7.89. The lowest BCUT2D eigenvalue weighted by molar-refractivity contribution is -0.150. The lowest BCUT2D eigenvalue weighted by Crippen LogP contribution is -2.46. The normalized spacial score (nSPS) is 12.3. The minimum Gasteiger partial charge on any atom is -0.495 e. The van der Waals surface area contributed by atoms with Gasteiger partial charge in [-0.3, -0.25) is 9.59 Å². The molecule has 0 spiro atoms. The maximum atomic E-state index is 13.9. The third-order valence-electron chi connectivity index (χ3n) is 4.43. The molecule has 0 bridgehead atoms. The highest BCUT2D eigenvalue weighted by Gasteiger charge is 2.31. The van der Waals surface area contributed by atoms with Crippen molar-refractivity contribution in [3.63, 3.8) is 0 Å². The Balaban J connectivity index is 2.07. The maximum absolute atomic E-state index is 13.9. The molecule has 2 N–H and O–H groups in total. The van der Waals surface area contributed by atoms with Crippen molar-refractivity contribution in [1.29, 1.82) is 0 Å². The Hall–Kier alpha value is -2.69. The van der Waals surface area contributed by atoms with Crippen LogP contribution in [0.5, 0.6) is 5.75 Å². The monoisotopic (exact) mass is 486 g/mol. The van der Waals surface area contributed by atoms with E-state index in [4.69, 9.17) is 21.1 Å². The third-order valence-corrected chi connectivity index (χ3v) is 6.31. The molecular weight excluding hydrogens is 463 g/mol. The molecule has 2 rings (SSSR count). The topological polar surface area (TPSA) is 111 Å². The first-order valence-electron chi connectivity index (χ1n) is 9.53. The minimum absolute atomic E-state index is 0.318. The number of esters is 1.